The molecule has 0 saturated carbocycles. The Labute approximate surface area is 177 Å². The van der Waals surface area contributed by atoms with Crippen LogP contribution in [0.25, 0.3) is 11.3 Å². The van der Waals surface area contributed by atoms with Crippen LogP contribution in [0.4, 0.5) is 11.5 Å². The molecule has 0 saturated heterocycles. The summed E-state index contributed by atoms with van der Waals surface area (Å²) in [5.74, 6) is -0.230. The lowest BCUT2D eigenvalue weighted by Gasteiger charge is -2.17. The zero-order chi connectivity index (χ0) is 21.5. The third kappa shape index (κ3) is 5.12. The molecule has 0 atom stereocenters. The van der Waals surface area contributed by atoms with Crippen LogP contribution in [0.3, 0.4) is 0 Å². The molecule has 30 heavy (non-hydrogen) atoms. The zero-order valence-corrected chi connectivity index (χ0v) is 17.6. The number of amides is 1. The number of rotatable bonds is 8. The Hall–Kier alpha value is -3.45. The van der Waals surface area contributed by atoms with Crippen molar-refractivity contribution in [1.29, 1.82) is 0 Å². The predicted octanol–water partition coefficient (Wildman–Crippen LogP) is 2.48. The first kappa shape index (κ1) is 21.3. The third-order valence-corrected chi connectivity index (χ3v) is 4.84. The van der Waals surface area contributed by atoms with Crippen LogP contribution in [0.5, 0.6) is 0 Å². The van der Waals surface area contributed by atoms with E-state index in [1.807, 2.05) is 12.1 Å². The van der Waals surface area contributed by atoms with Crippen molar-refractivity contribution >= 4 is 17.4 Å². The number of carbonyl (C=O) groups is 1. The van der Waals surface area contributed by atoms with E-state index in [0.717, 1.165) is 30.6 Å². The molecule has 156 valence electrons. The van der Waals surface area contributed by atoms with Gasteiger partial charge < -0.3 is 21.3 Å². The molecule has 3 aromatic rings. The highest BCUT2D eigenvalue weighted by atomic mass is 16.1. The van der Waals surface area contributed by atoms with E-state index >= 15 is 0 Å². The number of nitrogens with one attached hydrogen (secondary N) is 2. The Kier molecular flexibility index (Phi) is 6.98. The maximum absolute atomic E-state index is 11.9. The van der Waals surface area contributed by atoms with Gasteiger partial charge in [0, 0.05) is 38.9 Å². The summed E-state index contributed by atoms with van der Waals surface area (Å²) >= 11 is 0. The van der Waals surface area contributed by atoms with Gasteiger partial charge in [0.25, 0.3) is 5.91 Å². The van der Waals surface area contributed by atoms with Crippen molar-refractivity contribution in [2.24, 2.45) is 0 Å². The second-order valence-electron chi connectivity index (χ2n) is 7.22. The van der Waals surface area contributed by atoms with Crippen LogP contribution in [-0.4, -0.2) is 43.6 Å². The SMILES string of the molecule is CNC(=O)c1nc(-c2cccc(CNCCc3ccccc3N(C)C)c2)cnc1N. The number of para-hydroxylation sites is 1. The van der Waals surface area contributed by atoms with Gasteiger partial charge in [-0.15, -0.1) is 0 Å². The molecule has 2 aromatic carbocycles. The Balaban J connectivity index is 1.65. The Morgan fingerprint density at radius 2 is 1.93 bits per heavy atom. The lowest BCUT2D eigenvalue weighted by atomic mass is 10.1. The number of nitrogens with two attached hydrogens (primary N) is 1. The second kappa shape index (κ2) is 9.84. The largest absolute Gasteiger partial charge is 0.382 e. The van der Waals surface area contributed by atoms with Gasteiger partial charge in [0.1, 0.15) is 0 Å². The lowest BCUT2D eigenvalue weighted by molar-refractivity contribution is 0.0959. The fourth-order valence-corrected chi connectivity index (χ4v) is 3.28. The summed E-state index contributed by atoms with van der Waals surface area (Å²) in [6.45, 7) is 1.61. The summed E-state index contributed by atoms with van der Waals surface area (Å²) in [6.07, 6.45) is 2.54. The minimum Gasteiger partial charge on any atom is -0.382 e. The average Bonchev–Trinajstić information content (AvgIpc) is 2.77. The quantitative estimate of drug-likeness (QED) is 0.499. The highest BCUT2D eigenvalue weighted by Crippen LogP contribution is 2.20. The fourth-order valence-electron chi connectivity index (χ4n) is 3.28. The molecule has 0 aliphatic carbocycles. The van der Waals surface area contributed by atoms with E-state index in [-0.39, 0.29) is 17.4 Å². The van der Waals surface area contributed by atoms with Crippen LogP contribution in [0.2, 0.25) is 0 Å². The smallest absolute Gasteiger partial charge is 0.273 e. The average molecular weight is 405 g/mol. The summed E-state index contributed by atoms with van der Waals surface area (Å²) in [5, 5.41) is 6.04. The Morgan fingerprint density at radius 1 is 1.13 bits per heavy atom. The molecule has 3 rings (SSSR count). The maximum Gasteiger partial charge on any atom is 0.273 e. The van der Waals surface area contributed by atoms with E-state index in [0.29, 0.717) is 5.69 Å². The van der Waals surface area contributed by atoms with Gasteiger partial charge in [-0.25, -0.2) is 9.97 Å². The molecule has 7 nitrogen and oxygen atoms in total. The maximum atomic E-state index is 11.9. The van der Waals surface area contributed by atoms with E-state index in [4.69, 9.17) is 5.73 Å². The number of carbonyl (C=O) groups excluding carboxylic acids is 1. The van der Waals surface area contributed by atoms with Crippen LogP contribution < -0.4 is 21.3 Å². The van der Waals surface area contributed by atoms with Crippen LogP contribution in [0, 0.1) is 0 Å². The van der Waals surface area contributed by atoms with Gasteiger partial charge in [-0.1, -0.05) is 36.4 Å². The molecule has 0 radical (unpaired) electrons. The molecule has 1 amide bonds. The van der Waals surface area contributed by atoms with E-state index in [9.17, 15) is 4.79 Å². The van der Waals surface area contributed by atoms with Gasteiger partial charge in [0.15, 0.2) is 11.5 Å². The highest BCUT2D eigenvalue weighted by Gasteiger charge is 2.13. The molecular weight excluding hydrogens is 376 g/mol. The number of hydrogen-bond donors (Lipinski definition) is 3. The summed E-state index contributed by atoms with van der Waals surface area (Å²) in [4.78, 5) is 22.6. The van der Waals surface area contributed by atoms with E-state index in [1.165, 1.54) is 11.3 Å². The number of nitrogen functional groups attached to an aromatic ring is 1. The van der Waals surface area contributed by atoms with Gasteiger partial charge in [-0.05, 0) is 36.2 Å². The van der Waals surface area contributed by atoms with Gasteiger partial charge in [0.2, 0.25) is 0 Å². The Morgan fingerprint density at radius 3 is 2.70 bits per heavy atom. The van der Waals surface area contributed by atoms with Crippen molar-refractivity contribution in [2.45, 2.75) is 13.0 Å². The van der Waals surface area contributed by atoms with Crippen LogP contribution in [0.1, 0.15) is 21.6 Å². The first-order chi connectivity index (χ1) is 14.5. The number of hydrogen-bond acceptors (Lipinski definition) is 6. The molecule has 1 heterocycles. The fraction of sp³-hybridized carbons (Fsp3) is 0.261. The van der Waals surface area contributed by atoms with Crippen molar-refractivity contribution in [1.82, 2.24) is 20.6 Å². The van der Waals surface area contributed by atoms with Gasteiger partial charge in [-0.2, -0.15) is 0 Å². The first-order valence-corrected chi connectivity index (χ1v) is 9.89. The van der Waals surface area contributed by atoms with Crippen molar-refractivity contribution in [3.8, 4) is 11.3 Å². The van der Waals surface area contributed by atoms with Crippen molar-refractivity contribution < 1.29 is 4.79 Å². The van der Waals surface area contributed by atoms with Crippen LogP contribution in [-0.2, 0) is 13.0 Å². The predicted molar refractivity (Wildman–Crippen MR) is 121 cm³/mol. The minimum atomic E-state index is -0.349. The van der Waals surface area contributed by atoms with Crippen LogP contribution >= 0.6 is 0 Å². The molecule has 0 spiro atoms. The first-order valence-electron chi connectivity index (χ1n) is 9.89. The molecule has 0 aliphatic heterocycles. The topological polar surface area (TPSA) is 96.2 Å². The number of nitrogens with zero attached hydrogens (tertiary/aromatic N) is 3. The number of anilines is 2. The molecule has 1 aromatic heterocycles. The van der Waals surface area contributed by atoms with Crippen molar-refractivity contribution in [2.75, 3.05) is 38.3 Å². The zero-order valence-electron chi connectivity index (χ0n) is 17.6. The lowest BCUT2D eigenvalue weighted by Crippen LogP contribution is -2.21. The second-order valence-corrected chi connectivity index (χ2v) is 7.22. The van der Waals surface area contributed by atoms with Gasteiger partial charge >= 0.3 is 0 Å². The molecule has 0 unspecified atom stereocenters. The third-order valence-electron chi connectivity index (χ3n) is 4.84. The summed E-state index contributed by atoms with van der Waals surface area (Å²) in [6, 6.07) is 16.5. The summed E-state index contributed by atoms with van der Waals surface area (Å²) in [5.41, 5.74) is 11.1. The molecule has 0 aliphatic rings. The number of benzene rings is 2. The van der Waals surface area contributed by atoms with Gasteiger partial charge in [-0.3, -0.25) is 4.79 Å². The van der Waals surface area contributed by atoms with Crippen LogP contribution in [0.15, 0.2) is 54.7 Å². The normalized spacial score (nSPS) is 10.6. The monoisotopic (exact) mass is 404 g/mol. The van der Waals surface area contributed by atoms with E-state index in [2.05, 4.69) is 76.0 Å². The molecule has 0 bridgehead atoms. The van der Waals surface area contributed by atoms with Crippen molar-refractivity contribution in [3.63, 3.8) is 0 Å². The molecular formula is C23H28N6O. The molecule has 7 heteroatoms. The van der Waals surface area contributed by atoms with Gasteiger partial charge in [0.05, 0.1) is 11.9 Å². The van der Waals surface area contributed by atoms with E-state index < -0.39 is 0 Å². The molecule has 0 fully saturated rings. The molecule has 4 N–H and O–H groups in total. The standard InChI is InChI=1S/C23H28N6O/c1-25-23(30)21-22(24)27-15-19(28-21)18-9-6-7-16(13-18)14-26-12-11-17-8-4-5-10-20(17)29(2)3/h4-10,13,15,26H,11-12,14H2,1-3H3,(H2,24,27)(H,25,30). The number of aromatic nitrogens is 2. The minimum absolute atomic E-state index is 0.119. The summed E-state index contributed by atoms with van der Waals surface area (Å²) in [7, 11) is 5.67. The van der Waals surface area contributed by atoms with E-state index in [1.54, 1.807) is 13.2 Å². The summed E-state index contributed by atoms with van der Waals surface area (Å²) < 4.78 is 0. The highest BCUT2D eigenvalue weighted by molar-refractivity contribution is 5.96. The van der Waals surface area contributed by atoms with Crippen molar-refractivity contribution in [3.05, 3.63) is 71.5 Å². The Bertz CT molecular complexity index is 1020.